The Bertz CT molecular complexity index is 259. The fraction of sp³-hybridized carbons (Fsp3) is 1.00. The highest BCUT2D eigenvalue weighted by Gasteiger charge is 2.03. The van der Waals surface area contributed by atoms with Gasteiger partial charge < -0.3 is 10.2 Å². The summed E-state index contributed by atoms with van der Waals surface area (Å²) < 4.78 is 0. The molecule has 0 saturated carbocycles. The Hall–Kier alpha value is -0.0800. The first-order chi connectivity index (χ1) is 13.8. The number of hydrogen-bond acceptors (Lipinski definition) is 2. The molecule has 0 amide bonds. The summed E-state index contributed by atoms with van der Waals surface area (Å²) >= 11 is 0. The van der Waals surface area contributed by atoms with Gasteiger partial charge in [0.1, 0.15) is 0 Å². The van der Waals surface area contributed by atoms with Crippen LogP contribution in [-0.4, -0.2) is 37.6 Å². The Morgan fingerprint density at radius 3 is 1.21 bits per heavy atom. The summed E-state index contributed by atoms with van der Waals surface area (Å²) in [6.45, 7) is 13.3. The number of hydrogen-bond donors (Lipinski definition) is 1. The van der Waals surface area contributed by atoms with Gasteiger partial charge in [-0.2, -0.15) is 0 Å². The van der Waals surface area contributed by atoms with Crippen LogP contribution in [0, 0.1) is 0 Å². The average molecular weight is 397 g/mol. The molecule has 2 heteroatoms. The molecule has 0 aromatic rings. The van der Waals surface area contributed by atoms with Gasteiger partial charge in [0.15, 0.2) is 0 Å². The van der Waals surface area contributed by atoms with Gasteiger partial charge in [-0.15, -0.1) is 0 Å². The van der Waals surface area contributed by atoms with Gasteiger partial charge in [-0.25, -0.2) is 0 Å². The molecule has 0 unspecified atom stereocenters. The fourth-order valence-electron chi connectivity index (χ4n) is 3.90. The summed E-state index contributed by atoms with van der Waals surface area (Å²) in [6, 6.07) is 0. The SMILES string of the molecule is CCCCCCCCCCCCNCCCCCCN(CCCC)CCCC. The van der Waals surface area contributed by atoms with Crippen LogP contribution < -0.4 is 5.32 Å². The highest BCUT2D eigenvalue weighted by atomic mass is 15.1. The average Bonchev–Trinajstić information content (AvgIpc) is 2.71. The van der Waals surface area contributed by atoms with E-state index < -0.39 is 0 Å². The van der Waals surface area contributed by atoms with E-state index in [1.165, 1.54) is 148 Å². The molecule has 0 aliphatic heterocycles. The van der Waals surface area contributed by atoms with Crippen LogP contribution in [0.1, 0.15) is 136 Å². The standard InChI is InChI=1S/C26H56N2/c1-4-7-10-11-12-13-14-15-16-19-22-27-23-20-17-18-21-26-28(24-8-5-2)25-9-6-3/h27H,4-26H2,1-3H3. The molecule has 0 aliphatic carbocycles. The van der Waals surface area contributed by atoms with Crippen molar-refractivity contribution in [1.29, 1.82) is 0 Å². The Kier molecular flexibility index (Phi) is 24.9. The molecule has 0 bridgehead atoms. The molecule has 28 heavy (non-hydrogen) atoms. The van der Waals surface area contributed by atoms with Crippen LogP contribution in [-0.2, 0) is 0 Å². The van der Waals surface area contributed by atoms with E-state index in [0.29, 0.717) is 0 Å². The monoisotopic (exact) mass is 396 g/mol. The van der Waals surface area contributed by atoms with E-state index in [1.54, 1.807) is 0 Å². The van der Waals surface area contributed by atoms with E-state index in [2.05, 4.69) is 31.0 Å². The van der Waals surface area contributed by atoms with E-state index in [-0.39, 0.29) is 0 Å². The zero-order chi connectivity index (χ0) is 20.5. The molecule has 0 radical (unpaired) electrons. The van der Waals surface area contributed by atoms with E-state index in [4.69, 9.17) is 0 Å². The number of rotatable bonds is 24. The summed E-state index contributed by atoms with van der Waals surface area (Å²) in [7, 11) is 0. The van der Waals surface area contributed by atoms with E-state index in [9.17, 15) is 0 Å². The zero-order valence-electron chi connectivity index (χ0n) is 20.2. The van der Waals surface area contributed by atoms with Crippen LogP contribution in [0.3, 0.4) is 0 Å². The summed E-state index contributed by atoms with van der Waals surface area (Å²) in [4.78, 5) is 2.70. The molecule has 0 heterocycles. The molecule has 0 aliphatic rings. The molecule has 0 rings (SSSR count). The third kappa shape index (κ3) is 22.2. The van der Waals surface area contributed by atoms with Crippen molar-refractivity contribution in [2.24, 2.45) is 0 Å². The first kappa shape index (κ1) is 27.9. The Morgan fingerprint density at radius 2 is 0.750 bits per heavy atom. The highest BCUT2D eigenvalue weighted by molar-refractivity contribution is 4.59. The topological polar surface area (TPSA) is 15.3 Å². The van der Waals surface area contributed by atoms with Gasteiger partial charge in [0.05, 0.1) is 0 Å². The maximum absolute atomic E-state index is 3.66. The van der Waals surface area contributed by atoms with Crippen molar-refractivity contribution in [3.63, 3.8) is 0 Å². The minimum absolute atomic E-state index is 1.23. The van der Waals surface area contributed by atoms with Crippen molar-refractivity contribution in [1.82, 2.24) is 10.2 Å². The number of nitrogens with zero attached hydrogens (tertiary/aromatic N) is 1. The van der Waals surface area contributed by atoms with Crippen LogP contribution in [0.5, 0.6) is 0 Å². The molecule has 2 nitrogen and oxygen atoms in total. The lowest BCUT2D eigenvalue weighted by molar-refractivity contribution is 0.259. The van der Waals surface area contributed by atoms with Gasteiger partial charge in [-0.05, 0) is 64.8 Å². The van der Waals surface area contributed by atoms with E-state index in [1.807, 2.05) is 0 Å². The molecule has 0 spiro atoms. The Balaban J connectivity index is 3.23. The molecular weight excluding hydrogens is 340 g/mol. The fourth-order valence-corrected chi connectivity index (χ4v) is 3.90. The van der Waals surface area contributed by atoms with E-state index in [0.717, 1.165) is 0 Å². The molecular formula is C26H56N2. The van der Waals surface area contributed by atoms with Crippen LogP contribution in [0.25, 0.3) is 0 Å². The molecule has 1 N–H and O–H groups in total. The molecule has 0 fully saturated rings. The van der Waals surface area contributed by atoms with Crippen LogP contribution in [0.2, 0.25) is 0 Å². The lowest BCUT2D eigenvalue weighted by atomic mass is 10.1. The van der Waals surface area contributed by atoms with Crippen molar-refractivity contribution >= 4 is 0 Å². The van der Waals surface area contributed by atoms with Crippen molar-refractivity contribution in [2.45, 2.75) is 136 Å². The second-order valence-corrected chi connectivity index (χ2v) is 8.89. The van der Waals surface area contributed by atoms with Gasteiger partial charge in [0.25, 0.3) is 0 Å². The predicted octanol–water partition coefficient (Wildman–Crippen LogP) is 7.96. The van der Waals surface area contributed by atoms with Crippen molar-refractivity contribution < 1.29 is 0 Å². The van der Waals surface area contributed by atoms with Crippen LogP contribution in [0.15, 0.2) is 0 Å². The first-order valence-corrected chi connectivity index (χ1v) is 13.3. The number of nitrogens with one attached hydrogen (secondary N) is 1. The molecule has 0 atom stereocenters. The van der Waals surface area contributed by atoms with Gasteiger partial charge in [0, 0.05) is 0 Å². The minimum atomic E-state index is 1.23. The van der Waals surface area contributed by atoms with Gasteiger partial charge in [0.2, 0.25) is 0 Å². The van der Waals surface area contributed by atoms with Gasteiger partial charge in [-0.3, -0.25) is 0 Å². The third-order valence-electron chi connectivity index (χ3n) is 5.94. The molecule has 0 aromatic carbocycles. The quantitative estimate of drug-likeness (QED) is 0.166. The first-order valence-electron chi connectivity index (χ1n) is 13.3. The summed E-state index contributed by atoms with van der Waals surface area (Å²) in [6.07, 6.45) is 25.3. The number of unbranched alkanes of at least 4 members (excludes halogenated alkanes) is 14. The van der Waals surface area contributed by atoms with Gasteiger partial charge >= 0.3 is 0 Å². The lowest BCUT2D eigenvalue weighted by Crippen LogP contribution is -2.27. The minimum Gasteiger partial charge on any atom is -0.317 e. The maximum Gasteiger partial charge on any atom is -0.00187 e. The summed E-state index contributed by atoms with van der Waals surface area (Å²) in [5.74, 6) is 0. The van der Waals surface area contributed by atoms with Crippen molar-refractivity contribution in [3.8, 4) is 0 Å². The summed E-state index contributed by atoms with van der Waals surface area (Å²) in [5.41, 5.74) is 0. The van der Waals surface area contributed by atoms with E-state index >= 15 is 0 Å². The second kappa shape index (κ2) is 25.0. The predicted molar refractivity (Wildman–Crippen MR) is 129 cm³/mol. The zero-order valence-corrected chi connectivity index (χ0v) is 20.2. The van der Waals surface area contributed by atoms with Gasteiger partial charge in [-0.1, -0.05) is 104 Å². The van der Waals surface area contributed by atoms with Crippen molar-refractivity contribution in [2.75, 3.05) is 32.7 Å². The molecule has 0 saturated heterocycles. The van der Waals surface area contributed by atoms with Crippen LogP contribution in [0.4, 0.5) is 0 Å². The Labute approximate surface area is 179 Å². The Morgan fingerprint density at radius 1 is 0.393 bits per heavy atom. The largest absolute Gasteiger partial charge is 0.317 e. The highest BCUT2D eigenvalue weighted by Crippen LogP contribution is 2.10. The summed E-state index contributed by atoms with van der Waals surface area (Å²) in [5, 5.41) is 3.66. The smallest absolute Gasteiger partial charge is 0.00187 e. The normalized spacial score (nSPS) is 11.6. The molecule has 170 valence electrons. The molecule has 0 aromatic heterocycles. The van der Waals surface area contributed by atoms with Crippen LogP contribution >= 0.6 is 0 Å². The third-order valence-corrected chi connectivity index (χ3v) is 5.94. The van der Waals surface area contributed by atoms with Crippen molar-refractivity contribution in [3.05, 3.63) is 0 Å². The second-order valence-electron chi connectivity index (χ2n) is 8.89. The lowest BCUT2D eigenvalue weighted by Gasteiger charge is -2.21. The maximum atomic E-state index is 3.66.